The van der Waals surface area contributed by atoms with Crippen molar-refractivity contribution in [1.82, 2.24) is 4.98 Å². The highest BCUT2D eigenvalue weighted by Gasteiger charge is 2.29. The summed E-state index contributed by atoms with van der Waals surface area (Å²) in [6.07, 6.45) is 13.6. The first kappa shape index (κ1) is 25.5. The number of thioether (sulfide) groups is 1. The lowest BCUT2D eigenvalue weighted by Crippen LogP contribution is -2.11. The van der Waals surface area contributed by atoms with Crippen LogP contribution >= 0.6 is 19.4 Å². The summed E-state index contributed by atoms with van der Waals surface area (Å²) >= 11 is 1.88. The van der Waals surface area contributed by atoms with Crippen molar-refractivity contribution < 1.29 is 13.6 Å². The van der Waals surface area contributed by atoms with Crippen LogP contribution in [0.15, 0.2) is 29.2 Å². The number of rotatable bonds is 17. The van der Waals surface area contributed by atoms with E-state index in [1.165, 1.54) is 69.1 Å². The van der Waals surface area contributed by atoms with Crippen molar-refractivity contribution in [2.24, 2.45) is 0 Å². The van der Waals surface area contributed by atoms with E-state index in [1.807, 2.05) is 37.7 Å². The zero-order valence-corrected chi connectivity index (χ0v) is 20.8. The number of unbranched alkanes of at least 4 members (excludes halogenated alkanes) is 9. The van der Waals surface area contributed by atoms with Gasteiger partial charge >= 0.3 is 7.60 Å². The third kappa shape index (κ3) is 8.07. The number of nitrogens with one attached hydrogen (secondary N) is 1. The quantitative estimate of drug-likeness (QED) is 0.149. The van der Waals surface area contributed by atoms with Crippen molar-refractivity contribution in [3.05, 3.63) is 24.3 Å². The predicted molar refractivity (Wildman–Crippen MR) is 131 cm³/mol. The highest BCUT2D eigenvalue weighted by atomic mass is 32.2. The van der Waals surface area contributed by atoms with Crippen molar-refractivity contribution in [3.63, 3.8) is 0 Å². The Bertz CT molecular complexity index is 767. The molecule has 1 N–H and O–H groups in total. The Kier molecular flexibility index (Phi) is 12.2. The molecule has 0 fully saturated rings. The maximum Gasteiger partial charge on any atom is 0.377 e. The molecule has 4 nitrogen and oxygen atoms in total. The Labute approximate surface area is 187 Å². The van der Waals surface area contributed by atoms with Crippen LogP contribution in [0.1, 0.15) is 85.0 Å². The molecule has 1 aromatic heterocycles. The standard InChI is InChI=1S/C24H40NO3PS/c1-4-7-8-9-10-11-12-13-14-15-19-30-22-18-16-17-21-20-23(25-24(21)22)29(26,27-5-2)28-6-3/h16-18,20,25H,4-15,19H2,1-3H3. The number of fused-ring (bicyclic) bond motifs is 1. The summed E-state index contributed by atoms with van der Waals surface area (Å²) in [6.45, 7) is 6.65. The summed E-state index contributed by atoms with van der Waals surface area (Å²) in [4.78, 5) is 4.53. The van der Waals surface area contributed by atoms with Crippen molar-refractivity contribution in [2.75, 3.05) is 19.0 Å². The molecular formula is C24H40NO3PS. The molecule has 0 saturated carbocycles. The van der Waals surface area contributed by atoms with Gasteiger partial charge in [0, 0.05) is 10.3 Å². The van der Waals surface area contributed by atoms with Gasteiger partial charge in [0.1, 0.15) is 5.44 Å². The maximum absolute atomic E-state index is 13.1. The molecule has 6 heteroatoms. The SMILES string of the molecule is CCCCCCCCCCCCSc1cccc2cc(P(=O)(OCC)OCC)[nH]c12. The first-order chi connectivity index (χ1) is 14.6. The summed E-state index contributed by atoms with van der Waals surface area (Å²) in [5.74, 6) is 1.11. The molecule has 2 rings (SSSR count). The molecule has 1 heterocycles. The van der Waals surface area contributed by atoms with Crippen LogP contribution in [-0.2, 0) is 13.6 Å². The molecule has 0 saturated heterocycles. The van der Waals surface area contributed by atoms with E-state index in [4.69, 9.17) is 9.05 Å². The highest BCUT2D eigenvalue weighted by molar-refractivity contribution is 7.99. The van der Waals surface area contributed by atoms with Crippen LogP contribution in [0.3, 0.4) is 0 Å². The monoisotopic (exact) mass is 453 g/mol. The van der Waals surface area contributed by atoms with Gasteiger partial charge in [0.25, 0.3) is 0 Å². The molecule has 0 aliphatic heterocycles. The largest absolute Gasteiger partial charge is 0.377 e. The van der Waals surface area contributed by atoms with Gasteiger partial charge < -0.3 is 14.0 Å². The molecule has 2 aromatic rings. The predicted octanol–water partition coefficient (Wildman–Crippen LogP) is 8.07. The second kappa shape index (κ2) is 14.3. The Morgan fingerprint density at radius 2 is 1.47 bits per heavy atom. The normalized spacial score (nSPS) is 12.1. The first-order valence-electron chi connectivity index (χ1n) is 11.8. The average Bonchev–Trinajstić information content (AvgIpc) is 3.18. The molecule has 0 spiro atoms. The van der Waals surface area contributed by atoms with E-state index in [1.54, 1.807) is 0 Å². The van der Waals surface area contributed by atoms with Crippen molar-refractivity contribution in [1.29, 1.82) is 0 Å². The fourth-order valence-electron chi connectivity index (χ4n) is 3.67. The smallest absolute Gasteiger partial charge is 0.347 e. The summed E-state index contributed by atoms with van der Waals surface area (Å²) in [6, 6.07) is 8.15. The van der Waals surface area contributed by atoms with Gasteiger partial charge in [0.2, 0.25) is 0 Å². The first-order valence-corrected chi connectivity index (χ1v) is 14.3. The van der Waals surface area contributed by atoms with E-state index in [-0.39, 0.29) is 0 Å². The van der Waals surface area contributed by atoms with Crippen molar-refractivity contribution in [2.45, 2.75) is 89.9 Å². The van der Waals surface area contributed by atoms with Gasteiger partial charge in [-0.1, -0.05) is 76.8 Å². The third-order valence-corrected chi connectivity index (χ3v) is 8.42. The van der Waals surface area contributed by atoms with Crippen LogP contribution in [0, 0.1) is 0 Å². The van der Waals surface area contributed by atoms with Crippen LogP contribution in [-0.4, -0.2) is 24.0 Å². The van der Waals surface area contributed by atoms with Gasteiger partial charge in [-0.3, -0.25) is 4.57 Å². The molecular weight excluding hydrogens is 413 g/mol. The van der Waals surface area contributed by atoms with Gasteiger partial charge in [-0.25, -0.2) is 0 Å². The zero-order valence-electron chi connectivity index (χ0n) is 19.1. The van der Waals surface area contributed by atoms with E-state index in [0.29, 0.717) is 18.6 Å². The summed E-state index contributed by atoms with van der Waals surface area (Å²) < 4.78 is 24.1. The van der Waals surface area contributed by atoms with Crippen LogP contribution in [0.5, 0.6) is 0 Å². The van der Waals surface area contributed by atoms with Crippen LogP contribution in [0.25, 0.3) is 10.9 Å². The van der Waals surface area contributed by atoms with Gasteiger partial charge in [-0.15, -0.1) is 11.8 Å². The lowest BCUT2D eigenvalue weighted by atomic mass is 10.1. The zero-order chi connectivity index (χ0) is 21.7. The molecule has 0 bridgehead atoms. The minimum absolute atomic E-state index is 0.354. The van der Waals surface area contributed by atoms with Crippen LogP contribution in [0.2, 0.25) is 0 Å². The minimum atomic E-state index is -3.29. The van der Waals surface area contributed by atoms with Gasteiger partial charge in [0.05, 0.1) is 18.7 Å². The van der Waals surface area contributed by atoms with E-state index >= 15 is 0 Å². The maximum atomic E-state index is 13.1. The lowest BCUT2D eigenvalue weighted by Gasteiger charge is -2.15. The fourth-order valence-corrected chi connectivity index (χ4v) is 6.30. The van der Waals surface area contributed by atoms with Gasteiger partial charge in [-0.05, 0) is 38.2 Å². The number of benzene rings is 1. The third-order valence-electron chi connectivity index (χ3n) is 5.25. The fraction of sp³-hybridized carbons (Fsp3) is 0.667. The number of hydrogen-bond acceptors (Lipinski definition) is 4. The highest BCUT2D eigenvalue weighted by Crippen LogP contribution is 2.47. The molecule has 30 heavy (non-hydrogen) atoms. The number of hydrogen-bond donors (Lipinski definition) is 1. The molecule has 1 aromatic carbocycles. The summed E-state index contributed by atoms with van der Waals surface area (Å²) in [5, 5.41) is 1.05. The Hall–Kier alpha value is -0.740. The summed E-state index contributed by atoms with van der Waals surface area (Å²) in [5.41, 5.74) is 1.58. The van der Waals surface area contributed by atoms with Crippen LogP contribution in [0.4, 0.5) is 0 Å². The van der Waals surface area contributed by atoms with E-state index in [9.17, 15) is 4.57 Å². The Balaban J connectivity index is 1.80. The van der Waals surface area contributed by atoms with E-state index in [2.05, 4.69) is 24.0 Å². The minimum Gasteiger partial charge on any atom is -0.347 e. The second-order valence-corrected chi connectivity index (χ2v) is 10.9. The Morgan fingerprint density at radius 1 is 0.867 bits per heavy atom. The van der Waals surface area contributed by atoms with Crippen molar-refractivity contribution in [3.8, 4) is 0 Å². The molecule has 0 aliphatic carbocycles. The molecule has 170 valence electrons. The lowest BCUT2D eigenvalue weighted by molar-refractivity contribution is 0.229. The molecule has 0 atom stereocenters. The topological polar surface area (TPSA) is 51.3 Å². The number of aromatic amines is 1. The summed E-state index contributed by atoms with van der Waals surface area (Å²) in [7, 11) is -3.29. The number of para-hydroxylation sites is 1. The van der Waals surface area contributed by atoms with Gasteiger partial charge in [-0.2, -0.15) is 0 Å². The molecule has 0 amide bonds. The Morgan fingerprint density at radius 3 is 2.07 bits per heavy atom. The number of H-pyrrole nitrogens is 1. The molecule has 0 aliphatic rings. The molecule has 0 radical (unpaired) electrons. The average molecular weight is 454 g/mol. The van der Waals surface area contributed by atoms with Crippen LogP contribution < -0.4 is 5.44 Å². The van der Waals surface area contributed by atoms with Crippen molar-refractivity contribution >= 4 is 35.7 Å². The van der Waals surface area contributed by atoms with E-state index < -0.39 is 7.60 Å². The second-order valence-electron chi connectivity index (χ2n) is 7.74. The van der Waals surface area contributed by atoms with Gasteiger partial charge in [0.15, 0.2) is 0 Å². The van der Waals surface area contributed by atoms with E-state index in [0.717, 1.165) is 16.7 Å². The molecule has 0 unspecified atom stereocenters. The number of aromatic nitrogens is 1.